The Kier molecular flexibility index (Phi) is 7.12. The largest absolute Gasteiger partial charge is 0.465 e. The normalized spacial score (nSPS) is 16.2. The third-order valence-corrected chi connectivity index (χ3v) is 5.09. The number of hydrogen-bond donors (Lipinski definition) is 0. The number of furan rings is 1. The van der Waals surface area contributed by atoms with Crippen molar-refractivity contribution in [2.24, 2.45) is 0 Å². The molecule has 1 aliphatic heterocycles. The van der Waals surface area contributed by atoms with Crippen LogP contribution in [0, 0.1) is 6.92 Å². The van der Waals surface area contributed by atoms with E-state index in [0.29, 0.717) is 43.6 Å². The number of aryl methyl sites for hydroxylation is 1. The summed E-state index contributed by atoms with van der Waals surface area (Å²) in [7, 11) is 0. The van der Waals surface area contributed by atoms with Crippen LogP contribution in [-0.2, 0) is 14.3 Å². The van der Waals surface area contributed by atoms with Gasteiger partial charge in [-0.15, -0.1) is 0 Å². The summed E-state index contributed by atoms with van der Waals surface area (Å²) in [6, 6.07) is 10.4. The predicted octanol–water partition coefficient (Wildman–Crippen LogP) is 3.70. The van der Waals surface area contributed by atoms with Gasteiger partial charge in [0.25, 0.3) is 0 Å². The summed E-state index contributed by atoms with van der Waals surface area (Å²) in [5.74, 6) is 1.10. The van der Waals surface area contributed by atoms with E-state index < -0.39 is 6.04 Å². The standard InChI is InChI=1S/C22H25ClN2O4/c1-3-28-22(27)21(17-5-7-18(23)8-6-17)25-14-12-24(13-15-25)20(26)11-10-19-9-4-16(2)29-19/h4-11,21H,3,12-15H2,1-2H3/b11-10+. The Labute approximate surface area is 175 Å². The summed E-state index contributed by atoms with van der Waals surface area (Å²) in [5, 5.41) is 0.616. The number of nitrogens with zero attached hydrogens (tertiary/aromatic N) is 2. The van der Waals surface area contributed by atoms with Crippen molar-refractivity contribution in [2.75, 3.05) is 32.8 Å². The van der Waals surface area contributed by atoms with Gasteiger partial charge in [-0.25, -0.2) is 4.79 Å². The second kappa shape index (κ2) is 9.76. The Bertz CT molecular complexity index is 867. The fourth-order valence-electron chi connectivity index (χ4n) is 3.36. The van der Waals surface area contributed by atoms with Crippen molar-refractivity contribution in [1.29, 1.82) is 0 Å². The number of rotatable bonds is 6. The van der Waals surface area contributed by atoms with Crippen molar-refractivity contribution in [3.05, 3.63) is 64.6 Å². The average molecular weight is 417 g/mol. The van der Waals surface area contributed by atoms with Crippen LogP contribution in [0.25, 0.3) is 6.08 Å². The van der Waals surface area contributed by atoms with Crippen LogP contribution in [0.1, 0.15) is 30.0 Å². The van der Waals surface area contributed by atoms with E-state index in [2.05, 4.69) is 0 Å². The minimum atomic E-state index is -0.508. The van der Waals surface area contributed by atoms with Gasteiger partial charge in [0.05, 0.1) is 6.61 Å². The van der Waals surface area contributed by atoms with Gasteiger partial charge in [-0.2, -0.15) is 0 Å². The molecule has 3 rings (SSSR count). The van der Waals surface area contributed by atoms with Crippen LogP contribution in [0.2, 0.25) is 5.02 Å². The summed E-state index contributed by atoms with van der Waals surface area (Å²) in [6.45, 7) is 6.18. The van der Waals surface area contributed by atoms with Crippen LogP contribution in [-0.4, -0.2) is 54.5 Å². The summed E-state index contributed by atoms with van der Waals surface area (Å²) in [6.07, 6.45) is 3.20. The topological polar surface area (TPSA) is 63.0 Å². The number of halogens is 1. The first-order valence-electron chi connectivity index (χ1n) is 9.67. The van der Waals surface area contributed by atoms with E-state index in [0.717, 1.165) is 11.3 Å². The zero-order valence-corrected chi connectivity index (χ0v) is 17.4. The molecule has 2 aromatic rings. The first kappa shape index (κ1) is 21.1. The maximum Gasteiger partial charge on any atom is 0.328 e. The lowest BCUT2D eigenvalue weighted by atomic mass is 10.0. The van der Waals surface area contributed by atoms with E-state index >= 15 is 0 Å². The number of ether oxygens (including phenoxy) is 1. The van der Waals surface area contributed by atoms with Crippen molar-refractivity contribution < 1.29 is 18.7 Å². The quantitative estimate of drug-likeness (QED) is 0.530. The molecule has 29 heavy (non-hydrogen) atoms. The number of carbonyl (C=O) groups is 2. The highest BCUT2D eigenvalue weighted by molar-refractivity contribution is 6.30. The third kappa shape index (κ3) is 5.49. The Morgan fingerprint density at radius 1 is 1.14 bits per heavy atom. The summed E-state index contributed by atoms with van der Waals surface area (Å²) in [4.78, 5) is 28.9. The summed E-state index contributed by atoms with van der Waals surface area (Å²) in [5.41, 5.74) is 0.834. The van der Waals surface area contributed by atoms with Crippen LogP contribution in [0.5, 0.6) is 0 Å². The molecule has 1 aromatic carbocycles. The van der Waals surface area contributed by atoms with Crippen LogP contribution in [0.15, 0.2) is 46.9 Å². The molecule has 1 aromatic heterocycles. The lowest BCUT2D eigenvalue weighted by molar-refractivity contribution is -0.151. The highest BCUT2D eigenvalue weighted by atomic mass is 35.5. The van der Waals surface area contributed by atoms with Gasteiger partial charge >= 0.3 is 5.97 Å². The highest BCUT2D eigenvalue weighted by Crippen LogP contribution is 2.25. The Hall–Kier alpha value is -2.57. The van der Waals surface area contributed by atoms with E-state index in [1.165, 1.54) is 6.08 Å². The monoisotopic (exact) mass is 416 g/mol. The van der Waals surface area contributed by atoms with Gasteiger partial charge in [-0.3, -0.25) is 9.69 Å². The number of amides is 1. The van der Waals surface area contributed by atoms with Gasteiger partial charge < -0.3 is 14.1 Å². The highest BCUT2D eigenvalue weighted by Gasteiger charge is 2.32. The fourth-order valence-corrected chi connectivity index (χ4v) is 3.49. The van der Waals surface area contributed by atoms with E-state index in [1.54, 1.807) is 30.0 Å². The maximum absolute atomic E-state index is 12.6. The van der Waals surface area contributed by atoms with E-state index in [4.69, 9.17) is 20.8 Å². The third-order valence-electron chi connectivity index (χ3n) is 4.84. The molecule has 0 radical (unpaired) electrons. The van der Waals surface area contributed by atoms with Gasteiger partial charge in [0.1, 0.15) is 17.6 Å². The SMILES string of the molecule is CCOC(=O)C(c1ccc(Cl)cc1)N1CCN(C(=O)/C=C/c2ccc(C)o2)CC1. The summed E-state index contributed by atoms with van der Waals surface area (Å²) < 4.78 is 10.7. The molecule has 1 amide bonds. The van der Waals surface area contributed by atoms with Crippen molar-refractivity contribution >= 4 is 29.6 Å². The molecule has 2 heterocycles. The van der Waals surface area contributed by atoms with Gasteiger partial charge in [0.2, 0.25) is 5.91 Å². The molecule has 0 spiro atoms. The van der Waals surface area contributed by atoms with Crippen LogP contribution >= 0.6 is 11.6 Å². The smallest absolute Gasteiger partial charge is 0.328 e. The first-order chi connectivity index (χ1) is 14.0. The second-order valence-corrected chi connectivity index (χ2v) is 7.29. The zero-order chi connectivity index (χ0) is 20.8. The van der Waals surface area contributed by atoms with Crippen molar-refractivity contribution in [3.8, 4) is 0 Å². The van der Waals surface area contributed by atoms with Gasteiger partial charge in [-0.05, 0) is 49.8 Å². The van der Waals surface area contributed by atoms with E-state index in [1.807, 2.05) is 36.1 Å². The predicted molar refractivity (Wildman–Crippen MR) is 111 cm³/mol. The van der Waals surface area contributed by atoms with E-state index in [9.17, 15) is 9.59 Å². The van der Waals surface area contributed by atoms with Crippen molar-refractivity contribution in [2.45, 2.75) is 19.9 Å². The van der Waals surface area contributed by atoms with Gasteiger partial charge in [0.15, 0.2) is 0 Å². The molecule has 0 aliphatic carbocycles. The van der Waals surface area contributed by atoms with Crippen LogP contribution < -0.4 is 0 Å². The molecule has 1 unspecified atom stereocenters. The molecule has 6 nitrogen and oxygen atoms in total. The minimum Gasteiger partial charge on any atom is -0.465 e. The van der Waals surface area contributed by atoms with Crippen molar-refractivity contribution in [1.82, 2.24) is 9.80 Å². The van der Waals surface area contributed by atoms with E-state index in [-0.39, 0.29) is 11.9 Å². The Morgan fingerprint density at radius 3 is 2.41 bits per heavy atom. The molecule has 0 N–H and O–H groups in total. The molecule has 1 aliphatic rings. The zero-order valence-electron chi connectivity index (χ0n) is 16.6. The number of piperazine rings is 1. The van der Waals surface area contributed by atoms with Gasteiger partial charge in [-0.1, -0.05) is 23.7 Å². The Balaban J connectivity index is 1.64. The number of esters is 1. The molecular formula is C22H25ClN2O4. The molecule has 7 heteroatoms. The average Bonchev–Trinajstić information content (AvgIpc) is 3.14. The molecule has 0 bridgehead atoms. The first-order valence-corrected chi connectivity index (χ1v) is 10.1. The molecule has 1 fully saturated rings. The van der Waals surface area contributed by atoms with Gasteiger partial charge in [0, 0.05) is 37.3 Å². The van der Waals surface area contributed by atoms with Crippen molar-refractivity contribution in [3.63, 3.8) is 0 Å². The number of benzene rings is 1. The molecule has 0 saturated carbocycles. The van der Waals surface area contributed by atoms with Crippen LogP contribution in [0.4, 0.5) is 0 Å². The second-order valence-electron chi connectivity index (χ2n) is 6.85. The minimum absolute atomic E-state index is 0.0714. The Morgan fingerprint density at radius 2 is 1.83 bits per heavy atom. The fraction of sp³-hybridized carbons (Fsp3) is 0.364. The number of hydrogen-bond acceptors (Lipinski definition) is 5. The number of carbonyl (C=O) groups excluding carboxylic acids is 2. The lowest BCUT2D eigenvalue weighted by Crippen LogP contribution is -2.50. The van der Waals surface area contributed by atoms with Crippen LogP contribution in [0.3, 0.4) is 0 Å². The molecule has 1 saturated heterocycles. The lowest BCUT2D eigenvalue weighted by Gasteiger charge is -2.38. The molecule has 154 valence electrons. The summed E-state index contributed by atoms with van der Waals surface area (Å²) >= 11 is 5.99. The molecule has 1 atom stereocenters. The maximum atomic E-state index is 12.6. The molecular weight excluding hydrogens is 392 g/mol.